The van der Waals surface area contributed by atoms with Gasteiger partial charge in [-0.15, -0.1) is 0 Å². The quantitative estimate of drug-likeness (QED) is 0.339. The first-order chi connectivity index (χ1) is 17.4. The van der Waals surface area contributed by atoms with Crippen molar-refractivity contribution in [2.45, 2.75) is 40.0 Å². The van der Waals surface area contributed by atoms with Gasteiger partial charge < -0.3 is 9.88 Å². The van der Waals surface area contributed by atoms with Crippen molar-refractivity contribution in [2.24, 2.45) is 0 Å². The molecular weight excluding hydrogens is 440 g/mol. The van der Waals surface area contributed by atoms with Crippen LogP contribution in [0.15, 0.2) is 84.6 Å². The molecule has 0 radical (unpaired) electrons. The van der Waals surface area contributed by atoms with Gasteiger partial charge in [0.2, 0.25) is 0 Å². The number of H-pyrrole nitrogens is 1. The molecule has 2 aromatic heterocycles. The standard InChI is InChI=1S/C24H26N4.C8H10/c1-16-11-12-17(2)18(13-16)14-19-7-5-10-22(25-19)24-26-21-9-6-8-20(28(3)4)15-23(21)27-24;1-2-8-6-4-3-5-7-8/h5-8,10-13,15H,9,14H2,1-4H3,(H,26,27);3-7H,2H2,1H3. The molecule has 4 heteroatoms. The predicted octanol–water partition coefficient (Wildman–Crippen LogP) is 6.94. The first-order valence-corrected chi connectivity index (χ1v) is 12.6. The van der Waals surface area contributed by atoms with Gasteiger partial charge in [-0.2, -0.15) is 0 Å². The van der Waals surface area contributed by atoms with Gasteiger partial charge in [-0.3, -0.25) is 0 Å². The summed E-state index contributed by atoms with van der Waals surface area (Å²) in [5.74, 6) is 0.831. The van der Waals surface area contributed by atoms with Gasteiger partial charge in [0.25, 0.3) is 0 Å². The number of nitrogens with one attached hydrogen (secondary N) is 1. The Morgan fingerprint density at radius 3 is 2.44 bits per heavy atom. The third kappa shape index (κ3) is 6.39. The molecule has 36 heavy (non-hydrogen) atoms. The van der Waals surface area contributed by atoms with Crippen LogP contribution in [0.2, 0.25) is 0 Å². The summed E-state index contributed by atoms with van der Waals surface area (Å²) in [7, 11) is 4.10. The average molecular weight is 477 g/mol. The summed E-state index contributed by atoms with van der Waals surface area (Å²) in [5, 5.41) is 0. The third-order valence-corrected chi connectivity index (χ3v) is 6.40. The molecule has 0 spiro atoms. The number of allylic oxidation sites excluding steroid dienone is 2. The minimum atomic E-state index is 0.829. The SMILES string of the molecule is CCc1ccccc1.Cc1ccc(C)c(Cc2cccc(-c3nc4c([nH]3)CC=CC(N(C)C)=C4)n2)c1. The number of benzene rings is 2. The van der Waals surface area contributed by atoms with Crippen molar-refractivity contribution in [1.29, 1.82) is 0 Å². The first kappa shape index (κ1) is 25.2. The Balaban J connectivity index is 0.000000325. The van der Waals surface area contributed by atoms with E-state index in [1.54, 1.807) is 0 Å². The van der Waals surface area contributed by atoms with Crippen LogP contribution in [-0.2, 0) is 19.3 Å². The molecule has 1 N–H and O–H groups in total. The minimum Gasteiger partial charge on any atom is -0.378 e. The maximum Gasteiger partial charge on any atom is 0.156 e. The Hall–Kier alpha value is -3.92. The Labute approximate surface area is 215 Å². The molecule has 0 saturated carbocycles. The van der Waals surface area contributed by atoms with Gasteiger partial charge in [-0.1, -0.05) is 73.2 Å². The summed E-state index contributed by atoms with van der Waals surface area (Å²) in [4.78, 5) is 15.3. The molecule has 2 heterocycles. The van der Waals surface area contributed by atoms with E-state index in [9.17, 15) is 0 Å². The summed E-state index contributed by atoms with van der Waals surface area (Å²) in [6.07, 6.45) is 9.25. The zero-order valence-electron chi connectivity index (χ0n) is 22.0. The Morgan fingerprint density at radius 2 is 1.72 bits per heavy atom. The van der Waals surface area contributed by atoms with Crippen LogP contribution in [0.3, 0.4) is 0 Å². The van der Waals surface area contributed by atoms with Gasteiger partial charge in [-0.05, 0) is 61.2 Å². The highest BCUT2D eigenvalue weighted by Gasteiger charge is 2.14. The number of hydrogen-bond acceptors (Lipinski definition) is 3. The first-order valence-electron chi connectivity index (χ1n) is 12.6. The molecule has 0 amide bonds. The van der Waals surface area contributed by atoms with E-state index in [4.69, 9.17) is 9.97 Å². The number of likely N-dealkylation sites (N-methyl/N-ethyl adjacent to an activating group) is 1. The number of nitrogens with zero attached hydrogens (tertiary/aromatic N) is 3. The molecule has 4 aromatic rings. The van der Waals surface area contributed by atoms with Crippen LogP contribution in [0.5, 0.6) is 0 Å². The van der Waals surface area contributed by atoms with Crippen LogP contribution in [0, 0.1) is 13.8 Å². The number of fused-ring (bicyclic) bond motifs is 1. The van der Waals surface area contributed by atoms with E-state index in [0.29, 0.717) is 0 Å². The average Bonchev–Trinajstić information content (AvgIpc) is 3.18. The Kier molecular flexibility index (Phi) is 8.17. The van der Waals surface area contributed by atoms with Crippen LogP contribution in [0.1, 0.15) is 46.3 Å². The number of hydrogen-bond donors (Lipinski definition) is 1. The van der Waals surface area contributed by atoms with Crippen molar-refractivity contribution >= 4 is 6.08 Å². The molecule has 0 unspecified atom stereocenters. The van der Waals surface area contributed by atoms with E-state index in [1.165, 1.54) is 22.3 Å². The van der Waals surface area contributed by atoms with E-state index >= 15 is 0 Å². The van der Waals surface area contributed by atoms with E-state index in [0.717, 1.165) is 53.6 Å². The maximum atomic E-state index is 4.89. The fourth-order valence-electron chi connectivity index (χ4n) is 4.19. The van der Waals surface area contributed by atoms with Crippen LogP contribution in [0.4, 0.5) is 0 Å². The highest BCUT2D eigenvalue weighted by atomic mass is 15.1. The number of aromatic nitrogens is 3. The van der Waals surface area contributed by atoms with Gasteiger partial charge in [0, 0.05) is 44.0 Å². The zero-order valence-corrected chi connectivity index (χ0v) is 22.0. The van der Waals surface area contributed by atoms with E-state index in [-0.39, 0.29) is 0 Å². The molecule has 2 aromatic carbocycles. The molecule has 1 aliphatic carbocycles. The van der Waals surface area contributed by atoms with E-state index < -0.39 is 0 Å². The lowest BCUT2D eigenvalue weighted by Crippen LogP contribution is -2.08. The number of pyridine rings is 1. The van der Waals surface area contributed by atoms with Crippen LogP contribution >= 0.6 is 0 Å². The fourth-order valence-corrected chi connectivity index (χ4v) is 4.19. The monoisotopic (exact) mass is 476 g/mol. The lowest BCUT2D eigenvalue weighted by Gasteiger charge is -2.12. The normalized spacial score (nSPS) is 12.2. The van der Waals surface area contributed by atoms with Crippen molar-refractivity contribution < 1.29 is 0 Å². The van der Waals surface area contributed by atoms with E-state index in [2.05, 4.69) is 103 Å². The minimum absolute atomic E-state index is 0.829. The van der Waals surface area contributed by atoms with E-state index in [1.807, 2.05) is 26.2 Å². The summed E-state index contributed by atoms with van der Waals surface area (Å²) in [6.45, 7) is 6.45. The van der Waals surface area contributed by atoms with Crippen molar-refractivity contribution in [3.05, 3.63) is 124 Å². The maximum absolute atomic E-state index is 4.89. The molecule has 0 saturated heterocycles. The topological polar surface area (TPSA) is 44.8 Å². The van der Waals surface area contributed by atoms with Gasteiger partial charge in [0.05, 0.1) is 5.69 Å². The zero-order chi connectivity index (χ0) is 25.5. The lowest BCUT2D eigenvalue weighted by atomic mass is 10.0. The van der Waals surface area contributed by atoms with Crippen molar-refractivity contribution in [1.82, 2.24) is 19.9 Å². The van der Waals surface area contributed by atoms with Crippen molar-refractivity contribution in [2.75, 3.05) is 14.1 Å². The van der Waals surface area contributed by atoms with Crippen LogP contribution in [-0.4, -0.2) is 33.9 Å². The second-order valence-electron chi connectivity index (χ2n) is 9.48. The van der Waals surface area contributed by atoms with Crippen LogP contribution in [0.25, 0.3) is 17.6 Å². The smallest absolute Gasteiger partial charge is 0.156 e. The molecule has 0 fully saturated rings. The summed E-state index contributed by atoms with van der Waals surface area (Å²) >= 11 is 0. The largest absolute Gasteiger partial charge is 0.378 e. The number of rotatable bonds is 5. The van der Waals surface area contributed by atoms with Crippen LogP contribution < -0.4 is 0 Å². The Bertz CT molecular complexity index is 1360. The summed E-state index contributed by atoms with van der Waals surface area (Å²) in [5.41, 5.74) is 10.5. The second-order valence-corrected chi connectivity index (χ2v) is 9.48. The molecular formula is C32H36N4. The molecule has 184 valence electrons. The lowest BCUT2D eigenvalue weighted by molar-refractivity contribution is 0.534. The van der Waals surface area contributed by atoms with Gasteiger partial charge in [-0.25, -0.2) is 9.97 Å². The summed E-state index contributed by atoms with van der Waals surface area (Å²) < 4.78 is 0. The predicted molar refractivity (Wildman–Crippen MR) is 151 cm³/mol. The fraction of sp³-hybridized carbons (Fsp3) is 0.250. The van der Waals surface area contributed by atoms with Gasteiger partial charge in [0.15, 0.2) is 5.82 Å². The number of aromatic amines is 1. The second kappa shape index (κ2) is 11.7. The van der Waals surface area contributed by atoms with Crippen molar-refractivity contribution in [3.63, 3.8) is 0 Å². The summed E-state index contributed by atoms with van der Waals surface area (Å²) in [6, 6.07) is 23.2. The molecule has 0 atom stereocenters. The van der Waals surface area contributed by atoms with Crippen molar-refractivity contribution in [3.8, 4) is 11.5 Å². The number of imidazole rings is 1. The van der Waals surface area contributed by atoms with Gasteiger partial charge >= 0.3 is 0 Å². The highest BCUT2D eigenvalue weighted by molar-refractivity contribution is 5.61. The highest BCUT2D eigenvalue weighted by Crippen LogP contribution is 2.23. The third-order valence-electron chi connectivity index (χ3n) is 6.40. The number of aryl methyl sites for hydroxylation is 3. The van der Waals surface area contributed by atoms with Gasteiger partial charge in [0.1, 0.15) is 5.69 Å². The molecule has 1 aliphatic rings. The molecule has 5 rings (SSSR count). The molecule has 0 bridgehead atoms. The Morgan fingerprint density at radius 1 is 0.917 bits per heavy atom. The molecule has 0 aliphatic heterocycles. The molecule has 4 nitrogen and oxygen atoms in total.